The minimum absolute atomic E-state index is 0. The molecule has 1 saturated carbocycles. The van der Waals surface area contributed by atoms with Crippen LogP contribution < -0.4 is 10.5 Å². The maximum absolute atomic E-state index is 12.2. The molecule has 1 aliphatic carbocycles. The molecule has 120 valence electrons. The highest BCUT2D eigenvalue weighted by Crippen LogP contribution is 2.37. The Labute approximate surface area is 132 Å². The van der Waals surface area contributed by atoms with Gasteiger partial charge in [0.25, 0.3) is 0 Å². The zero-order valence-corrected chi connectivity index (χ0v) is 12.5. The van der Waals surface area contributed by atoms with E-state index in [1.165, 1.54) is 12.1 Å². The first-order valence-corrected chi connectivity index (χ1v) is 6.71. The third kappa shape index (κ3) is 3.53. The molecule has 0 amide bonds. The summed E-state index contributed by atoms with van der Waals surface area (Å²) in [4.78, 5) is 4.30. The van der Waals surface area contributed by atoms with Gasteiger partial charge in [0.15, 0.2) is 5.82 Å². The molecule has 2 N–H and O–H groups in total. The number of nitrogens with zero attached hydrogens (tertiary/aromatic N) is 2. The third-order valence-electron chi connectivity index (χ3n) is 3.64. The van der Waals surface area contributed by atoms with Crippen molar-refractivity contribution in [3.8, 4) is 5.75 Å². The Balaban J connectivity index is 0.00000176. The molecule has 0 spiro atoms. The number of rotatable bonds is 5. The molecule has 0 aliphatic heterocycles. The average Bonchev–Trinajstić information content (AvgIpc) is 2.84. The number of aromatic nitrogens is 2. The second kappa shape index (κ2) is 6.58. The fraction of sp³-hybridized carbons (Fsp3) is 0.429. The molecule has 0 atom stereocenters. The number of hydrogen-bond donors (Lipinski definition) is 1. The van der Waals surface area contributed by atoms with Crippen LogP contribution >= 0.6 is 12.4 Å². The molecule has 22 heavy (non-hydrogen) atoms. The number of benzene rings is 1. The van der Waals surface area contributed by atoms with Gasteiger partial charge in [0.1, 0.15) is 5.75 Å². The van der Waals surface area contributed by atoms with Crippen molar-refractivity contribution in [1.82, 2.24) is 10.1 Å². The van der Waals surface area contributed by atoms with Gasteiger partial charge in [-0.1, -0.05) is 17.3 Å². The monoisotopic (exact) mass is 331 g/mol. The first-order valence-electron chi connectivity index (χ1n) is 6.71. The van der Waals surface area contributed by atoms with Crippen molar-refractivity contribution in [1.29, 1.82) is 0 Å². The Morgan fingerprint density at radius 3 is 2.77 bits per heavy atom. The summed E-state index contributed by atoms with van der Waals surface area (Å²) in [5, 5.41) is 3.91. The van der Waals surface area contributed by atoms with Gasteiger partial charge in [-0.05, 0) is 37.0 Å². The van der Waals surface area contributed by atoms with Crippen molar-refractivity contribution in [2.45, 2.75) is 37.8 Å². The Morgan fingerprint density at radius 1 is 1.36 bits per heavy atom. The van der Waals surface area contributed by atoms with Gasteiger partial charge in [-0.2, -0.15) is 13.8 Å². The van der Waals surface area contributed by atoms with Gasteiger partial charge in [-0.25, -0.2) is 0 Å². The average molecular weight is 332 g/mol. The lowest BCUT2D eigenvalue weighted by molar-refractivity contribution is -0.0498. The Bertz CT molecular complexity index is 632. The smallest absolute Gasteiger partial charge is 0.387 e. The zero-order valence-electron chi connectivity index (χ0n) is 11.7. The summed E-state index contributed by atoms with van der Waals surface area (Å²) < 4.78 is 33.9. The lowest BCUT2D eigenvalue weighted by Crippen LogP contribution is -2.44. The number of halogens is 3. The minimum Gasteiger partial charge on any atom is -0.435 e. The highest BCUT2D eigenvalue weighted by molar-refractivity contribution is 5.85. The van der Waals surface area contributed by atoms with Crippen LogP contribution in [-0.4, -0.2) is 16.8 Å². The highest BCUT2D eigenvalue weighted by Gasteiger charge is 2.38. The summed E-state index contributed by atoms with van der Waals surface area (Å²) in [5.74, 6) is 1.04. The second-order valence-electron chi connectivity index (χ2n) is 5.22. The lowest BCUT2D eigenvalue weighted by atomic mass is 9.77. The quantitative estimate of drug-likeness (QED) is 0.911. The van der Waals surface area contributed by atoms with Crippen LogP contribution in [0, 0.1) is 0 Å². The van der Waals surface area contributed by atoms with E-state index < -0.39 is 12.2 Å². The Kier molecular flexibility index (Phi) is 4.97. The van der Waals surface area contributed by atoms with Crippen LogP contribution in [0.25, 0.3) is 0 Å². The maximum atomic E-state index is 12.2. The number of ether oxygens (including phenoxy) is 1. The van der Waals surface area contributed by atoms with Crippen molar-refractivity contribution < 1.29 is 18.0 Å². The van der Waals surface area contributed by atoms with Crippen molar-refractivity contribution in [3.05, 3.63) is 41.5 Å². The van der Waals surface area contributed by atoms with Crippen molar-refractivity contribution in [2.24, 2.45) is 5.73 Å². The van der Waals surface area contributed by atoms with Gasteiger partial charge < -0.3 is 15.0 Å². The zero-order chi connectivity index (χ0) is 14.9. The van der Waals surface area contributed by atoms with Gasteiger partial charge in [-0.3, -0.25) is 0 Å². The lowest BCUT2D eigenvalue weighted by Gasteiger charge is -2.34. The number of nitrogens with two attached hydrogens (primary N) is 1. The van der Waals surface area contributed by atoms with Gasteiger partial charge in [-0.15, -0.1) is 12.4 Å². The predicted molar refractivity (Wildman–Crippen MR) is 77.1 cm³/mol. The molecule has 0 saturated heterocycles. The third-order valence-corrected chi connectivity index (χ3v) is 3.64. The SMILES string of the molecule is Cl.NC1(c2noc(Cc3cccc(OC(F)F)c3)n2)CCC1. The standard InChI is InChI=1S/C14H15F2N3O2.ClH/c15-13(16)20-10-4-1-3-9(7-10)8-11-18-12(19-21-11)14(17)5-2-6-14;/h1,3-4,7,13H,2,5-6,8,17H2;1H. The molecule has 3 rings (SSSR count). The molecule has 1 aliphatic rings. The van der Waals surface area contributed by atoms with Crippen LogP contribution in [0.4, 0.5) is 8.78 Å². The van der Waals surface area contributed by atoms with Crippen LogP contribution in [-0.2, 0) is 12.0 Å². The summed E-state index contributed by atoms with van der Waals surface area (Å²) in [6.45, 7) is -2.84. The molecule has 0 unspecified atom stereocenters. The molecule has 0 radical (unpaired) electrons. The van der Waals surface area contributed by atoms with Crippen LogP contribution in [0.1, 0.15) is 36.5 Å². The predicted octanol–water partition coefficient (Wildman–Crippen LogP) is 3.02. The minimum atomic E-state index is -2.84. The van der Waals surface area contributed by atoms with Gasteiger partial charge in [0, 0.05) is 0 Å². The summed E-state index contributed by atoms with van der Waals surface area (Å²) in [7, 11) is 0. The van der Waals surface area contributed by atoms with Crippen LogP contribution in [0.15, 0.2) is 28.8 Å². The van der Waals surface area contributed by atoms with Gasteiger partial charge >= 0.3 is 6.61 Å². The molecule has 1 fully saturated rings. The van der Waals surface area contributed by atoms with E-state index in [1.807, 2.05) is 0 Å². The van der Waals surface area contributed by atoms with E-state index in [0.717, 1.165) is 24.8 Å². The number of alkyl halides is 2. The first kappa shape index (κ1) is 16.6. The van der Waals surface area contributed by atoms with Gasteiger partial charge in [0.2, 0.25) is 5.89 Å². The highest BCUT2D eigenvalue weighted by atomic mass is 35.5. The van der Waals surface area contributed by atoms with E-state index in [9.17, 15) is 8.78 Å². The van der Waals surface area contributed by atoms with E-state index in [0.29, 0.717) is 18.1 Å². The molecular weight excluding hydrogens is 316 g/mol. The molecule has 5 nitrogen and oxygen atoms in total. The molecular formula is C14H16ClF2N3O2. The molecule has 2 aromatic rings. The second-order valence-corrected chi connectivity index (χ2v) is 5.22. The van der Waals surface area contributed by atoms with Crippen molar-refractivity contribution >= 4 is 12.4 Å². The first-order chi connectivity index (χ1) is 10.0. The van der Waals surface area contributed by atoms with E-state index in [2.05, 4.69) is 14.9 Å². The fourth-order valence-corrected chi connectivity index (χ4v) is 2.32. The van der Waals surface area contributed by atoms with Crippen molar-refractivity contribution in [3.63, 3.8) is 0 Å². The van der Waals surface area contributed by atoms with E-state index in [4.69, 9.17) is 10.3 Å². The molecule has 1 aromatic heterocycles. The maximum Gasteiger partial charge on any atom is 0.387 e. The Morgan fingerprint density at radius 2 is 2.14 bits per heavy atom. The fourth-order valence-electron chi connectivity index (χ4n) is 2.32. The summed E-state index contributed by atoms with van der Waals surface area (Å²) in [6.07, 6.45) is 3.12. The number of hydrogen-bond acceptors (Lipinski definition) is 5. The summed E-state index contributed by atoms with van der Waals surface area (Å²) in [5.41, 5.74) is 6.40. The molecule has 1 aromatic carbocycles. The van der Waals surface area contributed by atoms with Crippen molar-refractivity contribution in [2.75, 3.05) is 0 Å². The summed E-state index contributed by atoms with van der Waals surface area (Å²) in [6, 6.07) is 6.42. The Hall–Kier alpha value is -1.73. The molecule has 8 heteroatoms. The van der Waals surface area contributed by atoms with Crippen LogP contribution in [0.3, 0.4) is 0 Å². The van der Waals surface area contributed by atoms with Gasteiger partial charge in [0.05, 0.1) is 12.0 Å². The van der Waals surface area contributed by atoms with Crippen LogP contribution in [0.5, 0.6) is 5.75 Å². The molecule has 0 bridgehead atoms. The largest absolute Gasteiger partial charge is 0.435 e. The van der Waals surface area contributed by atoms with Crippen LogP contribution in [0.2, 0.25) is 0 Å². The van der Waals surface area contributed by atoms with E-state index in [1.54, 1.807) is 12.1 Å². The normalized spacial score (nSPS) is 16.0. The topological polar surface area (TPSA) is 74.2 Å². The summed E-state index contributed by atoms with van der Waals surface area (Å²) >= 11 is 0. The molecule has 1 heterocycles. The van der Waals surface area contributed by atoms with E-state index >= 15 is 0 Å². The van der Waals surface area contributed by atoms with E-state index in [-0.39, 0.29) is 18.2 Å².